The van der Waals surface area contributed by atoms with Crippen LogP contribution in [0.4, 0.5) is 0 Å². The van der Waals surface area contributed by atoms with Gasteiger partial charge in [-0.05, 0) is 30.3 Å². The van der Waals surface area contributed by atoms with Gasteiger partial charge in [-0.2, -0.15) is 0 Å². The Balaban J connectivity index is 1.95. The summed E-state index contributed by atoms with van der Waals surface area (Å²) in [6.45, 7) is 0. The van der Waals surface area contributed by atoms with E-state index in [0.29, 0.717) is 16.7 Å². The Morgan fingerprint density at radius 2 is 1.33 bits per heavy atom. The minimum atomic E-state index is -0.504. The van der Waals surface area contributed by atoms with Crippen molar-refractivity contribution in [3.8, 4) is 5.75 Å². The van der Waals surface area contributed by atoms with E-state index in [4.69, 9.17) is 4.74 Å². The lowest BCUT2D eigenvalue weighted by Gasteiger charge is -2.10. The van der Waals surface area contributed by atoms with Gasteiger partial charge in [0.25, 0.3) is 0 Å². The molecule has 0 fully saturated rings. The van der Waals surface area contributed by atoms with Gasteiger partial charge in [0.15, 0.2) is 5.78 Å². The number of esters is 1. The standard InChI is InChI=1S/C20H13BrO3/c21-16-11-12-17(19(22)14-7-3-1-4-8-14)18(13-16)24-20(23)15-9-5-2-6-10-15/h1-13H. The van der Waals surface area contributed by atoms with Gasteiger partial charge in [0.1, 0.15) is 5.75 Å². The van der Waals surface area contributed by atoms with Crippen molar-refractivity contribution in [2.75, 3.05) is 0 Å². The van der Waals surface area contributed by atoms with Gasteiger partial charge in [-0.25, -0.2) is 4.79 Å². The summed E-state index contributed by atoms with van der Waals surface area (Å²) in [5, 5.41) is 0. The summed E-state index contributed by atoms with van der Waals surface area (Å²) in [6, 6.07) is 22.6. The second-order valence-electron chi connectivity index (χ2n) is 5.09. The number of ether oxygens (including phenoxy) is 1. The maximum Gasteiger partial charge on any atom is 0.343 e. The Hall–Kier alpha value is -2.72. The van der Waals surface area contributed by atoms with Crippen molar-refractivity contribution in [3.63, 3.8) is 0 Å². The van der Waals surface area contributed by atoms with E-state index in [1.807, 2.05) is 12.1 Å². The van der Waals surface area contributed by atoms with Gasteiger partial charge in [0.05, 0.1) is 11.1 Å². The van der Waals surface area contributed by atoms with Crippen LogP contribution < -0.4 is 4.74 Å². The highest BCUT2D eigenvalue weighted by Crippen LogP contribution is 2.27. The number of halogens is 1. The first-order valence-corrected chi connectivity index (χ1v) is 8.11. The molecule has 0 aliphatic heterocycles. The summed E-state index contributed by atoms with van der Waals surface area (Å²) < 4.78 is 6.19. The van der Waals surface area contributed by atoms with Crippen LogP contribution >= 0.6 is 15.9 Å². The molecular weight excluding hydrogens is 368 g/mol. The molecule has 0 aliphatic rings. The summed E-state index contributed by atoms with van der Waals surface area (Å²) in [4.78, 5) is 25.0. The molecule has 3 nitrogen and oxygen atoms in total. The van der Waals surface area contributed by atoms with Crippen molar-refractivity contribution in [3.05, 3.63) is 100 Å². The molecule has 0 aromatic heterocycles. The molecule has 0 radical (unpaired) electrons. The first kappa shape index (κ1) is 16.1. The van der Waals surface area contributed by atoms with E-state index in [1.165, 1.54) is 0 Å². The van der Waals surface area contributed by atoms with Crippen molar-refractivity contribution in [2.24, 2.45) is 0 Å². The van der Waals surface area contributed by atoms with Crippen molar-refractivity contribution in [1.82, 2.24) is 0 Å². The predicted molar refractivity (Wildman–Crippen MR) is 95.4 cm³/mol. The van der Waals surface area contributed by atoms with Gasteiger partial charge >= 0.3 is 5.97 Å². The number of carbonyl (C=O) groups excluding carboxylic acids is 2. The lowest BCUT2D eigenvalue weighted by molar-refractivity contribution is 0.0733. The molecule has 0 spiro atoms. The minimum absolute atomic E-state index is 0.195. The summed E-state index contributed by atoms with van der Waals surface area (Å²) in [7, 11) is 0. The SMILES string of the molecule is O=C(Oc1cc(Br)ccc1C(=O)c1ccccc1)c1ccccc1. The summed E-state index contributed by atoms with van der Waals surface area (Å²) in [6.07, 6.45) is 0. The van der Waals surface area contributed by atoms with Gasteiger partial charge in [-0.3, -0.25) is 4.79 Å². The molecule has 0 unspecified atom stereocenters. The second-order valence-corrected chi connectivity index (χ2v) is 6.01. The average molecular weight is 381 g/mol. The first-order chi connectivity index (χ1) is 11.6. The molecule has 118 valence electrons. The summed E-state index contributed by atoms with van der Waals surface area (Å²) in [5.41, 5.74) is 1.31. The zero-order chi connectivity index (χ0) is 16.9. The molecule has 0 amide bonds. The third-order valence-corrected chi connectivity index (χ3v) is 3.93. The summed E-state index contributed by atoms with van der Waals surface area (Å²) in [5.74, 6) is -0.471. The molecule has 24 heavy (non-hydrogen) atoms. The highest BCUT2D eigenvalue weighted by molar-refractivity contribution is 9.10. The lowest BCUT2D eigenvalue weighted by Crippen LogP contribution is -2.12. The van der Waals surface area contributed by atoms with E-state index in [0.717, 1.165) is 4.47 Å². The maximum atomic E-state index is 12.7. The van der Waals surface area contributed by atoms with E-state index < -0.39 is 5.97 Å². The molecule has 4 heteroatoms. The van der Waals surface area contributed by atoms with Crippen LogP contribution in [0.1, 0.15) is 26.3 Å². The molecule has 0 atom stereocenters. The molecule has 0 saturated carbocycles. The lowest BCUT2D eigenvalue weighted by atomic mass is 10.0. The van der Waals surface area contributed by atoms with Gasteiger partial charge < -0.3 is 4.74 Å². The van der Waals surface area contributed by atoms with Gasteiger partial charge in [0.2, 0.25) is 0 Å². The maximum absolute atomic E-state index is 12.7. The molecule has 0 bridgehead atoms. The van der Waals surface area contributed by atoms with E-state index in [2.05, 4.69) is 15.9 Å². The molecule has 3 rings (SSSR count). The Bertz CT molecular complexity index is 874. The Kier molecular flexibility index (Phi) is 4.87. The fourth-order valence-corrected chi connectivity index (χ4v) is 2.59. The second kappa shape index (κ2) is 7.23. The van der Waals surface area contributed by atoms with E-state index in [-0.39, 0.29) is 11.5 Å². The van der Waals surface area contributed by atoms with Gasteiger partial charge in [-0.15, -0.1) is 0 Å². The number of benzene rings is 3. The highest BCUT2D eigenvalue weighted by atomic mass is 79.9. The smallest absolute Gasteiger partial charge is 0.343 e. The van der Waals surface area contributed by atoms with Crippen molar-refractivity contribution < 1.29 is 14.3 Å². The largest absolute Gasteiger partial charge is 0.422 e. The summed E-state index contributed by atoms with van der Waals surface area (Å²) >= 11 is 3.35. The number of ketones is 1. The normalized spacial score (nSPS) is 10.2. The molecule has 3 aromatic carbocycles. The topological polar surface area (TPSA) is 43.4 Å². The van der Waals surface area contributed by atoms with Crippen molar-refractivity contribution in [1.29, 1.82) is 0 Å². The van der Waals surface area contributed by atoms with Crippen LogP contribution in [-0.2, 0) is 0 Å². The van der Waals surface area contributed by atoms with E-state index >= 15 is 0 Å². The third-order valence-electron chi connectivity index (χ3n) is 3.44. The predicted octanol–water partition coefficient (Wildman–Crippen LogP) is 4.90. The zero-order valence-corrected chi connectivity index (χ0v) is 14.2. The molecule has 0 heterocycles. The first-order valence-electron chi connectivity index (χ1n) is 7.31. The number of hydrogen-bond donors (Lipinski definition) is 0. The number of rotatable bonds is 4. The fourth-order valence-electron chi connectivity index (χ4n) is 2.25. The fraction of sp³-hybridized carbons (Fsp3) is 0. The van der Waals surface area contributed by atoms with E-state index in [9.17, 15) is 9.59 Å². The van der Waals surface area contributed by atoms with E-state index in [1.54, 1.807) is 66.7 Å². The van der Waals surface area contributed by atoms with Crippen LogP contribution in [0.25, 0.3) is 0 Å². The van der Waals surface area contributed by atoms with Crippen LogP contribution in [0.2, 0.25) is 0 Å². The van der Waals surface area contributed by atoms with Crippen LogP contribution in [0.5, 0.6) is 5.75 Å². The van der Waals surface area contributed by atoms with Crippen molar-refractivity contribution >= 4 is 27.7 Å². The Morgan fingerprint density at radius 3 is 1.96 bits per heavy atom. The number of carbonyl (C=O) groups is 2. The zero-order valence-electron chi connectivity index (χ0n) is 12.6. The van der Waals surface area contributed by atoms with Crippen LogP contribution in [0.15, 0.2) is 83.3 Å². The molecule has 0 N–H and O–H groups in total. The molecular formula is C20H13BrO3. The van der Waals surface area contributed by atoms with Gasteiger partial charge in [-0.1, -0.05) is 64.5 Å². The Morgan fingerprint density at radius 1 is 0.750 bits per heavy atom. The molecule has 0 aliphatic carbocycles. The van der Waals surface area contributed by atoms with Gasteiger partial charge in [0, 0.05) is 10.0 Å². The van der Waals surface area contributed by atoms with Crippen LogP contribution in [-0.4, -0.2) is 11.8 Å². The quantitative estimate of drug-likeness (QED) is 0.367. The van der Waals surface area contributed by atoms with Crippen LogP contribution in [0.3, 0.4) is 0 Å². The monoisotopic (exact) mass is 380 g/mol. The Labute approximate surface area is 148 Å². The van der Waals surface area contributed by atoms with Crippen LogP contribution in [0, 0.1) is 0 Å². The molecule has 3 aromatic rings. The molecule has 0 saturated heterocycles. The average Bonchev–Trinajstić information content (AvgIpc) is 2.63. The highest BCUT2D eigenvalue weighted by Gasteiger charge is 2.18. The van der Waals surface area contributed by atoms with Crippen molar-refractivity contribution in [2.45, 2.75) is 0 Å². The third kappa shape index (κ3) is 3.60. The minimum Gasteiger partial charge on any atom is -0.422 e. The number of hydrogen-bond acceptors (Lipinski definition) is 3.